The third kappa shape index (κ3) is 2.72. The van der Waals surface area contributed by atoms with Gasteiger partial charge in [-0.1, -0.05) is 6.07 Å². The van der Waals surface area contributed by atoms with Crippen molar-refractivity contribution in [3.63, 3.8) is 0 Å². The molecule has 1 aromatic heterocycles. The van der Waals surface area contributed by atoms with Crippen LogP contribution in [0.4, 0.5) is 0 Å². The Morgan fingerprint density at radius 3 is 2.80 bits per heavy atom. The van der Waals surface area contributed by atoms with E-state index in [9.17, 15) is 4.79 Å². The van der Waals surface area contributed by atoms with Crippen LogP contribution in [0.25, 0.3) is 10.9 Å². The maximum absolute atomic E-state index is 12.2. The molecular weight excluding hydrogens is 256 g/mol. The van der Waals surface area contributed by atoms with Gasteiger partial charge in [-0.25, -0.2) is 4.98 Å². The maximum Gasteiger partial charge on any atom is 0.272 e. The minimum atomic E-state index is -0.240. The Bertz CT molecular complexity index is 628. The average molecular weight is 274 g/mol. The topological polar surface area (TPSA) is 62.7 Å². The minimum Gasteiger partial charge on any atom is -0.497 e. The van der Waals surface area contributed by atoms with Gasteiger partial charge in [-0.3, -0.25) is 4.79 Å². The van der Waals surface area contributed by atoms with Crippen LogP contribution in [0.1, 0.15) is 17.4 Å². The van der Waals surface area contributed by atoms with Crippen LogP contribution in [-0.4, -0.2) is 47.7 Å². The Morgan fingerprint density at radius 2 is 2.15 bits per heavy atom. The molecule has 1 atom stereocenters. The van der Waals surface area contributed by atoms with Crippen molar-refractivity contribution in [2.24, 2.45) is 0 Å². The molecule has 5 heteroatoms. The molecule has 20 heavy (non-hydrogen) atoms. The first-order chi connectivity index (χ1) is 9.56. The number of ether oxygens (including phenoxy) is 1. The average Bonchev–Trinajstić information content (AvgIpc) is 2.51. The number of aromatic nitrogens is 1. The second-order valence-corrected chi connectivity index (χ2v) is 4.70. The molecule has 0 radical (unpaired) electrons. The standard InChI is InChI=1S/C15H18N2O3/c1-10(9-18)17(2)15(19)14-6-4-11-8-12(20-3)5-7-13(11)16-14/h4-8,10,18H,9H2,1-3H3. The zero-order valence-electron chi connectivity index (χ0n) is 11.8. The SMILES string of the molecule is COc1ccc2nc(C(=O)N(C)C(C)CO)ccc2c1. The van der Waals surface area contributed by atoms with E-state index >= 15 is 0 Å². The van der Waals surface area contributed by atoms with Gasteiger partial charge in [0, 0.05) is 12.4 Å². The van der Waals surface area contributed by atoms with Crippen LogP contribution in [0.3, 0.4) is 0 Å². The molecule has 0 fully saturated rings. The Morgan fingerprint density at radius 1 is 1.40 bits per heavy atom. The molecule has 0 saturated heterocycles. The lowest BCUT2D eigenvalue weighted by molar-refractivity contribution is 0.0677. The molecule has 0 aliphatic carbocycles. The minimum absolute atomic E-state index is 0.0764. The second-order valence-electron chi connectivity index (χ2n) is 4.70. The molecule has 0 saturated carbocycles. The lowest BCUT2D eigenvalue weighted by Crippen LogP contribution is -2.37. The fourth-order valence-corrected chi connectivity index (χ4v) is 1.85. The van der Waals surface area contributed by atoms with E-state index in [1.807, 2.05) is 24.3 Å². The number of hydrogen-bond donors (Lipinski definition) is 1. The number of pyridine rings is 1. The quantitative estimate of drug-likeness (QED) is 0.921. The van der Waals surface area contributed by atoms with E-state index in [0.29, 0.717) is 5.69 Å². The summed E-state index contributed by atoms with van der Waals surface area (Å²) in [6, 6.07) is 8.79. The first-order valence-corrected chi connectivity index (χ1v) is 6.39. The molecule has 1 heterocycles. The molecule has 2 aromatic rings. The van der Waals surface area contributed by atoms with Crippen molar-refractivity contribution in [2.75, 3.05) is 20.8 Å². The van der Waals surface area contributed by atoms with Crippen LogP contribution in [-0.2, 0) is 0 Å². The van der Waals surface area contributed by atoms with Gasteiger partial charge in [-0.15, -0.1) is 0 Å². The zero-order valence-corrected chi connectivity index (χ0v) is 11.8. The lowest BCUT2D eigenvalue weighted by Gasteiger charge is -2.22. The van der Waals surface area contributed by atoms with Gasteiger partial charge in [0.15, 0.2) is 0 Å². The van der Waals surface area contributed by atoms with Crippen LogP contribution in [0.5, 0.6) is 5.75 Å². The summed E-state index contributed by atoms with van der Waals surface area (Å²) in [5.41, 5.74) is 1.10. The van der Waals surface area contributed by atoms with Crippen LogP contribution < -0.4 is 4.74 Å². The lowest BCUT2D eigenvalue weighted by atomic mass is 10.2. The number of methoxy groups -OCH3 is 1. The Balaban J connectivity index is 2.34. The summed E-state index contributed by atoms with van der Waals surface area (Å²) in [6.07, 6.45) is 0. The number of rotatable bonds is 4. The van der Waals surface area contributed by atoms with Crippen molar-refractivity contribution < 1.29 is 14.6 Å². The monoisotopic (exact) mass is 274 g/mol. The number of carbonyl (C=O) groups excluding carboxylic acids is 1. The second kappa shape index (κ2) is 5.88. The van der Waals surface area contributed by atoms with Crippen molar-refractivity contribution in [1.29, 1.82) is 0 Å². The van der Waals surface area contributed by atoms with Crippen LogP contribution in [0.15, 0.2) is 30.3 Å². The van der Waals surface area contributed by atoms with Crippen molar-refractivity contribution in [3.8, 4) is 5.75 Å². The van der Waals surface area contributed by atoms with Crippen LogP contribution in [0, 0.1) is 0 Å². The summed E-state index contributed by atoms with van der Waals surface area (Å²) >= 11 is 0. The molecule has 1 N–H and O–H groups in total. The maximum atomic E-state index is 12.2. The van der Waals surface area contributed by atoms with E-state index in [4.69, 9.17) is 9.84 Å². The van der Waals surface area contributed by atoms with Crippen molar-refractivity contribution in [3.05, 3.63) is 36.0 Å². The van der Waals surface area contributed by atoms with E-state index in [2.05, 4.69) is 4.98 Å². The molecule has 2 rings (SSSR count). The number of aliphatic hydroxyl groups is 1. The van der Waals surface area contributed by atoms with Gasteiger partial charge in [0.25, 0.3) is 5.91 Å². The van der Waals surface area contributed by atoms with Gasteiger partial charge >= 0.3 is 0 Å². The third-order valence-corrected chi connectivity index (χ3v) is 3.36. The van der Waals surface area contributed by atoms with Crippen LogP contribution >= 0.6 is 0 Å². The summed E-state index contributed by atoms with van der Waals surface area (Å²) in [7, 11) is 3.26. The first-order valence-electron chi connectivity index (χ1n) is 6.39. The van der Waals surface area contributed by atoms with Crippen molar-refractivity contribution in [1.82, 2.24) is 9.88 Å². The summed E-state index contributed by atoms with van der Waals surface area (Å²) in [6.45, 7) is 1.71. The molecule has 106 valence electrons. The summed E-state index contributed by atoms with van der Waals surface area (Å²) in [5, 5.41) is 10.0. The molecule has 1 aromatic carbocycles. The highest BCUT2D eigenvalue weighted by molar-refractivity contribution is 5.95. The van der Waals surface area contributed by atoms with Gasteiger partial charge in [-0.05, 0) is 31.2 Å². The predicted octanol–water partition coefficient (Wildman–Crippen LogP) is 1.70. The van der Waals surface area contributed by atoms with E-state index in [1.54, 1.807) is 27.1 Å². The zero-order chi connectivity index (χ0) is 14.7. The predicted molar refractivity (Wildman–Crippen MR) is 76.9 cm³/mol. The van der Waals surface area contributed by atoms with E-state index in [-0.39, 0.29) is 18.6 Å². The molecular formula is C15H18N2O3. The summed E-state index contributed by atoms with van der Waals surface area (Å²) < 4.78 is 5.15. The Hall–Kier alpha value is -2.14. The van der Waals surface area contributed by atoms with E-state index < -0.39 is 0 Å². The number of likely N-dealkylation sites (N-methyl/N-ethyl adjacent to an activating group) is 1. The smallest absolute Gasteiger partial charge is 0.272 e. The number of carbonyl (C=O) groups is 1. The first kappa shape index (κ1) is 14.3. The Kier molecular flexibility index (Phi) is 4.20. The molecule has 5 nitrogen and oxygen atoms in total. The number of amides is 1. The van der Waals surface area contributed by atoms with Crippen LogP contribution in [0.2, 0.25) is 0 Å². The molecule has 1 amide bonds. The van der Waals surface area contributed by atoms with Crippen molar-refractivity contribution >= 4 is 16.8 Å². The largest absolute Gasteiger partial charge is 0.497 e. The summed E-state index contributed by atoms with van der Waals surface area (Å²) in [5.74, 6) is 0.550. The fourth-order valence-electron chi connectivity index (χ4n) is 1.85. The third-order valence-electron chi connectivity index (χ3n) is 3.36. The Labute approximate surface area is 117 Å². The number of hydrogen-bond acceptors (Lipinski definition) is 4. The molecule has 0 aliphatic heterocycles. The normalized spacial score (nSPS) is 12.2. The number of benzene rings is 1. The van der Waals surface area contributed by atoms with Crippen molar-refractivity contribution in [2.45, 2.75) is 13.0 Å². The van der Waals surface area contributed by atoms with Gasteiger partial charge in [-0.2, -0.15) is 0 Å². The van der Waals surface area contributed by atoms with E-state index in [1.165, 1.54) is 4.90 Å². The summed E-state index contributed by atoms with van der Waals surface area (Å²) in [4.78, 5) is 18.1. The highest BCUT2D eigenvalue weighted by Gasteiger charge is 2.18. The highest BCUT2D eigenvalue weighted by Crippen LogP contribution is 2.20. The molecule has 0 aliphatic rings. The van der Waals surface area contributed by atoms with E-state index in [0.717, 1.165) is 16.7 Å². The molecule has 1 unspecified atom stereocenters. The van der Waals surface area contributed by atoms with Gasteiger partial charge in [0.05, 0.1) is 25.3 Å². The van der Waals surface area contributed by atoms with Gasteiger partial charge < -0.3 is 14.7 Å². The fraction of sp³-hybridized carbons (Fsp3) is 0.333. The number of nitrogens with zero attached hydrogens (tertiary/aromatic N) is 2. The number of aliphatic hydroxyl groups excluding tert-OH is 1. The van der Waals surface area contributed by atoms with Gasteiger partial charge in [0.2, 0.25) is 0 Å². The van der Waals surface area contributed by atoms with Gasteiger partial charge in [0.1, 0.15) is 11.4 Å². The molecule has 0 spiro atoms. The highest BCUT2D eigenvalue weighted by atomic mass is 16.5. The number of fused-ring (bicyclic) bond motifs is 1. The molecule has 0 bridgehead atoms.